The van der Waals surface area contributed by atoms with Gasteiger partial charge in [0.25, 0.3) is 5.56 Å². The molecule has 120 valence electrons. The Bertz CT molecular complexity index is 1100. The van der Waals surface area contributed by atoms with E-state index in [2.05, 4.69) is 10.1 Å². The lowest BCUT2D eigenvalue weighted by Crippen LogP contribution is -2.20. The van der Waals surface area contributed by atoms with E-state index in [1.807, 2.05) is 13.0 Å². The second-order valence-corrected chi connectivity index (χ2v) is 5.67. The summed E-state index contributed by atoms with van der Waals surface area (Å²) in [4.78, 5) is 16.9. The standard InChI is InChI=1S/C18H15FN4O/c1-2-8-22-9-7-16-15(18(22)24)10-20-17-14(11-21-23(16)17)12-3-5-13(19)6-4-12/h3-7,9-11H,2,8H2,1H3. The van der Waals surface area contributed by atoms with Crippen LogP contribution < -0.4 is 5.56 Å². The van der Waals surface area contributed by atoms with Crippen LogP contribution in [0.3, 0.4) is 0 Å². The maximum Gasteiger partial charge on any atom is 0.261 e. The van der Waals surface area contributed by atoms with Crippen LogP contribution in [-0.2, 0) is 6.54 Å². The van der Waals surface area contributed by atoms with Crippen molar-refractivity contribution in [3.05, 3.63) is 65.1 Å². The molecule has 0 aliphatic rings. The first-order chi connectivity index (χ1) is 11.7. The van der Waals surface area contributed by atoms with Gasteiger partial charge in [-0.3, -0.25) is 4.79 Å². The molecule has 24 heavy (non-hydrogen) atoms. The summed E-state index contributed by atoms with van der Waals surface area (Å²) in [6, 6.07) is 8.07. The zero-order valence-corrected chi connectivity index (χ0v) is 13.1. The molecule has 0 radical (unpaired) electrons. The van der Waals surface area contributed by atoms with Crippen LogP contribution >= 0.6 is 0 Å². The molecule has 4 aromatic rings. The van der Waals surface area contributed by atoms with Gasteiger partial charge in [0, 0.05) is 24.5 Å². The molecule has 0 unspecified atom stereocenters. The first kappa shape index (κ1) is 14.6. The number of aryl methyl sites for hydroxylation is 1. The van der Waals surface area contributed by atoms with Crippen molar-refractivity contribution in [2.45, 2.75) is 19.9 Å². The average Bonchev–Trinajstić information content (AvgIpc) is 3.02. The number of aromatic nitrogens is 4. The number of nitrogens with zero attached hydrogens (tertiary/aromatic N) is 4. The summed E-state index contributed by atoms with van der Waals surface area (Å²) >= 11 is 0. The molecule has 0 N–H and O–H groups in total. The van der Waals surface area contributed by atoms with Crippen molar-refractivity contribution in [3.63, 3.8) is 0 Å². The fraction of sp³-hybridized carbons (Fsp3) is 0.167. The van der Waals surface area contributed by atoms with E-state index < -0.39 is 0 Å². The smallest absolute Gasteiger partial charge is 0.261 e. The van der Waals surface area contributed by atoms with E-state index in [0.717, 1.165) is 17.5 Å². The van der Waals surface area contributed by atoms with Crippen molar-refractivity contribution in [1.29, 1.82) is 0 Å². The third kappa shape index (κ3) is 2.19. The minimum Gasteiger partial charge on any atom is -0.315 e. The van der Waals surface area contributed by atoms with E-state index in [4.69, 9.17) is 0 Å². The summed E-state index contributed by atoms with van der Waals surface area (Å²) in [5.41, 5.74) is 2.92. The Morgan fingerprint density at radius 1 is 1.12 bits per heavy atom. The molecule has 0 amide bonds. The van der Waals surface area contributed by atoms with Crippen LogP contribution in [0.5, 0.6) is 0 Å². The highest BCUT2D eigenvalue weighted by Crippen LogP contribution is 2.25. The van der Waals surface area contributed by atoms with Gasteiger partial charge < -0.3 is 4.57 Å². The van der Waals surface area contributed by atoms with E-state index in [0.29, 0.717) is 23.1 Å². The van der Waals surface area contributed by atoms with Crippen molar-refractivity contribution in [1.82, 2.24) is 19.2 Å². The van der Waals surface area contributed by atoms with Crippen LogP contribution in [0.4, 0.5) is 4.39 Å². The molecule has 1 aromatic carbocycles. The maximum absolute atomic E-state index is 13.1. The summed E-state index contributed by atoms with van der Waals surface area (Å²) in [7, 11) is 0. The maximum atomic E-state index is 13.1. The molecule has 0 fully saturated rings. The number of pyridine rings is 1. The van der Waals surface area contributed by atoms with E-state index in [9.17, 15) is 9.18 Å². The molecule has 4 rings (SSSR count). The van der Waals surface area contributed by atoms with E-state index in [1.165, 1.54) is 12.1 Å². The van der Waals surface area contributed by atoms with Gasteiger partial charge in [-0.2, -0.15) is 5.10 Å². The molecule has 0 bridgehead atoms. The average molecular weight is 322 g/mol. The zero-order valence-electron chi connectivity index (χ0n) is 13.1. The first-order valence-electron chi connectivity index (χ1n) is 7.81. The van der Waals surface area contributed by atoms with Gasteiger partial charge in [-0.05, 0) is 30.2 Å². The molecule has 0 atom stereocenters. The fourth-order valence-electron chi connectivity index (χ4n) is 2.91. The van der Waals surface area contributed by atoms with Gasteiger partial charge >= 0.3 is 0 Å². The zero-order chi connectivity index (χ0) is 16.7. The molecular weight excluding hydrogens is 307 g/mol. The van der Waals surface area contributed by atoms with Gasteiger partial charge in [-0.1, -0.05) is 19.1 Å². The lowest BCUT2D eigenvalue weighted by Gasteiger charge is -2.06. The molecule has 5 nitrogen and oxygen atoms in total. The molecule has 0 aliphatic heterocycles. The van der Waals surface area contributed by atoms with Gasteiger partial charge in [0.1, 0.15) is 5.82 Å². The minimum atomic E-state index is -0.287. The Morgan fingerprint density at radius 3 is 2.67 bits per heavy atom. The Kier molecular flexibility index (Phi) is 3.37. The summed E-state index contributed by atoms with van der Waals surface area (Å²) in [5, 5.41) is 4.91. The van der Waals surface area contributed by atoms with Crippen LogP contribution in [-0.4, -0.2) is 19.2 Å². The van der Waals surface area contributed by atoms with Gasteiger partial charge in [0.05, 0.1) is 17.1 Å². The van der Waals surface area contributed by atoms with Crippen LogP contribution in [0.25, 0.3) is 27.7 Å². The van der Waals surface area contributed by atoms with Crippen molar-refractivity contribution >= 4 is 16.6 Å². The van der Waals surface area contributed by atoms with Crippen LogP contribution in [0, 0.1) is 5.82 Å². The molecule has 3 heterocycles. The van der Waals surface area contributed by atoms with E-state index >= 15 is 0 Å². The quantitative estimate of drug-likeness (QED) is 0.582. The molecule has 0 spiro atoms. The van der Waals surface area contributed by atoms with Gasteiger partial charge in [0.2, 0.25) is 0 Å². The van der Waals surface area contributed by atoms with Crippen molar-refractivity contribution in [2.24, 2.45) is 0 Å². The van der Waals surface area contributed by atoms with E-state index in [1.54, 1.807) is 39.8 Å². The Hall–Kier alpha value is -3.02. The van der Waals surface area contributed by atoms with Crippen LogP contribution in [0.1, 0.15) is 13.3 Å². The number of halogens is 1. The van der Waals surface area contributed by atoms with Crippen LogP contribution in [0.15, 0.2) is 53.7 Å². The van der Waals surface area contributed by atoms with Crippen molar-refractivity contribution < 1.29 is 4.39 Å². The van der Waals surface area contributed by atoms with Crippen LogP contribution in [0.2, 0.25) is 0 Å². The highest BCUT2D eigenvalue weighted by molar-refractivity contribution is 5.84. The lowest BCUT2D eigenvalue weighted by molar-refractivity contribution is 0.628. The Labute approximate surface area is 137 Å². The van der Waals surface area contributed by atoms with E-state index in [-0.39, 0.29) is 11.4 Å². The third-order valence-electron chi connectivity index (χ3n) is 4.09. The lowest BCUT2D eigenvalue weighted by atomic mass is 10.1. The summed E-state index contributed by atoms with van der Waals surface area (Å²) in [6.07, 6.45) is 5.95. The largest absolute Gasteiger partial charge is 0.315 e. The van der Waals surface area contributed by atoms with Gasteiger partial charge in [-0.15, -0.1) is 0 Å². The second kappa shape index (κ2) is 5.56. The second-order valence-electron chi connectivity index (χ2n) is 5.67. The van der Waals surface area contributed by atoms with Gasteiger partial charge in [0.15, 0.2) is 5.65 Å². The number of hydrogen-bond donors (Lipinski definition) is 0. The normalized spacial score (nSPS) is 11.4. The topological polar surface area (TPSA) is 52.2 Å². The SMILES string of the molecule is CCCn1ccc2c(cnc3c(-c4ccc(F)cc4)cnn32)c1=O. The first-order valence-corrected chi connectivity index (χ1v) is 7.81. The monoisotopic (exact) mass is 322 g/mol. The highest BCUT2D eigenvalue weighted by atomic mass is 19.1. The number of rotatable bonds is 3. The highest BCUT2D eigenvalue weighted by Gasteiger charge is 2.12. The van der Waals surface area contributed by atoms with Gasteiger partial charge in [-0.25, -0.2) is 13.9 Å². The summed E-state index contributed by atoms with van der Waals surface area (Å²) in [6.45, 7) is 2.70. The fourth-order valence-corrected chi connectivity index (χ4v) is 2.91. The predicted molar refractivity (Wildman–Crippen MR) is 90.4 cm³/mol. The molecule has 0 aliphatic carbocycles. The molecule has 0 saturated heterocycles. The molecule has 6 heteroatoms. The predicted octanol–water partition coefficient (Wildman–Crippen LogP) is 3.26. The minimum absolute atomic E-state index is 0.0671. The molecular formula is C18H15FN4O. The summed E-state index contributed by atoms with van der Waals surface area (Å²) in [5.74, 6) is -0.287. The molecule has 3 aromatic heterocycles. The Balaban J connectivity index is 1.96. The summed E-state index contributed by atoms with van der Waals surface area (Å²) < 4.78 is 16.5. The number of hydrogen-bond acceptors (Lipinski definition) is 3. The number of fused-ring (bicyclic) bond motifs is 3. The Morgan fingerprint density at radius 2 is 1.92 bits per heavy atom. The number of benzene rings is 1. The third-order valence-corrected chi connectivity index (χ3v) is 4.09. The van der Waals surface area contributed by atoms with Crippen molar-refractivity contribution in [3.8, 4) is 11.1 Å². The van der Waals surface area contributed by atoms with Crippen molar-refractivity contribution in [2.75, 3.05) is 0 Å². The molecule has 0 saturated carbocycles.